The van der Waals surface area contributed by atoms with E-state index in [0.29, 0.717) is 0 Å². The summed E-state index contributed by atoms with van der Waals surface area (Å²) in [5, 5.41) is 1.26. The van der Waals surface area contributed by atoms with Gasteiger partial charge in [0.05, 0.1) is 0 Å². The van der Waals surface area contributed by atoms with Crippen molar-refractivity contribution in [2.24, 2.45) is 0 Å². The highest BCUT2D eigenvalue weighted by Gasteiger charge is 1.95. The lowest BCUT2D eigenvalue weighted by molar-refractivity contribution is 1.28. The minimum atomic E-state index is 1.19. The molecule has 0 bridgehead atoms. The summed E-state index contributed by atoms with van der Waals surface area (Å²) in [5.74, 6) is 0. The van der Waals surface area contributed by atoms with Crippen LogP contribution < -0.4 is 4.72 Å². The number of fused-ring (bicyclic) bond motifs is 1. The number of rotatable bonds is 2. The van der Waals surface area contributed by atoms with Gasteiger partial charge in [-0.2, -0.15) is 0 Å². The second-order valence-corrected chi connectivity index (χ2v) is 3.62. The maximum atomic E-state index is 3.18. The molecule has 0 spiro atoms. The van der Waals surface area contributed by atoms with E-state index >= 15 is 0 Å². The highest BCUT2D eigenvalue weighted by atomic mass is 32.2. The molecule has 0 fully saturated rings. The Hall–Kier alpha value is -0.930. The van der Waals surface area contributed by atoms with Crippen molar-refractivity contribution >= 4 is 22.9 Å². The number of aromatic amines is 1. The molecule has 2 aromatic rings. The highest BCUT2D eigenvalue weighted by Crippen LogP contribution is 2.20. The first kappa shape index (κ1) is 7.71. The third-order valence-electron chi connectivity index (χ3n) is 1.75. The summed E-state index contributed by atoms with van der Waals surface area (Å²) in [7, 11) is 1.92. The lowest BCUT2D eigenvalue weighted by atomic mass is 10.2. The van der Waals surface area contributed by atoms with E-state index in [-0.39, 0.29) is 0 Å². The van der Waals surface area contributed by atoms with E-state index in [4.69, 9.17) is 0 Å². The first-order valence-electron chi connectivity index (χ1n) is 3.81. The lowest BCUT2D eigenvalue weighted by Crippen LogP contribution is -1.89. The van der Waals surface area contributed by atoms with Gasteiger partial charge in [0.1, 0.15) is 0 Å². The number of nitrogens with one attached hydrogen (secondary N) is 2. The average molecular weight is 178 g/mol. The van der Waals surface area contributed by atoms with Crippen molar-refractivity contribution in [3.05, 3.63) is 30.5 Å². The molecule has 0 aliphatic rings. The molecule has 0 aliphatic carbocycles. The Kier molecular flexibility index (Phi) is 2.06. The highest BCUT2D eigenvalue weighted by molar-refractivity contribution is 7.97. The van der Waals surface area contributed by atoms with Crippen LogP contribution in [0.2, 0.25) is 0 Å². The molecule has 0 atom stereocenters. The number of benzene rings is 1. The molecule has 0 saturated carbocycles. The van der Waals surface area contributed by atoms with Gasteiger partial charge in [0.25, 0.3) is 0 Å². The molecule has 62 valence electrons. The predicted molar refractivity (Wildman–Crippen MR) is 53.2 cm³/mol. The van der Waals surface area contributed by atoms with Gasteiger partial charge in [0.2, 0.25) is 0 Å². The van der Waals surface area contributed by atoms with E-state index in [1.807, 2.05) is 13.2 Å². The fraction of sp³-hybridized carbons (Fsp3) is 0.111. The molecule has 0 radical (unpaired) electrons. The van der Waals surface area contributed by atoms with Gasteiger partial charge in [-0.05, 0) is 42.6 Å². The molecule has 2 N–H and O–H groups in total. The van der Waals surface area contributed by atoms with Crippen LogP contribution in [0.1, 0.15) is 0 Å². The summed E-state index contributed by atoms with van der Waals surface area (Å²) in [5.41, 5.74) is 1.19. The van der Waals surface area contributed by atoms with Crippen molar-refractivity contribution in [1.82, 2.24) is 9.71 Å². The number of aromatic nitrogens is 1. The van der Waals surface area contributed by atoms with Crippen molar-refractivity contribution in [2.75, 3.05) is 7.05 Å². The molecule has 0 saturated heterocycles. The summed E-state index contributed by atoms with van der Waals surface area (Å²) >= 11 is 1.62. The van der Waals surface area contributed by atoms with Gasteiger partial charge in [-0.3, -0.25) is 4.72 Å². The van der Waals surface area contributed by atoms with Crippen molar-refractivity contribution < 1.29 is 0 Å². The molecule has 3 heteroatoms. The number of hydrogen-bond acceptors (Lipinski definition) is 2. The van der Waals surface area contributed by atoms with Gasteiger partial charge < -0.3 is 4.98 Å². The number of hydrogen-bond donors (Lipinski definition) is 2. The van der Waals surface area contributed by atoms with E-state index in [1.165, 1.54) is 15.8 Å². The largest absolute Gasteiger partial charge is 0.361 e. The second kappa shape index (κ2) is 3.21. The molecule has 12 heavy (non-hydrogen) atoms. The topological polar surface area (TPSA) is 27.8 Å². The second-order valence-electron chi connectivity index (χ2n) is 2.53. The monoisotopic (exact) mass is 178 g/mol. The van der Waals surface area contributed by atoms with Crippen LogP contribution in [-0.2, 0) is 0 Å². The Bertz CT molecular complexity index is 381. The summed E-state index contributed by atoms with van der Waals surface area (Å²) in [4.78, 5) is 4.41. The molecule has 0 amide bonds. The average Bonchev–Trinajstić information content (AvgIpc) is 2.51. The first-order chi connectivity index (χ1) is 5.90. The lowest BCUT2D eigenvalue weighted by Gasteiger charge is -1.97. The molecular formula is C9H10N2S. The SMILES string of the molecule is CNSc1ccc2cc[nH]c2c1. The van der Waals surface area contributed by atoms with Gasteiger partial charge in [0.15, 0.2) is 0 Å². The zero-order chi connectivity index (χ0) is 8.39. The predicted octanol–water partition coefficient (Wildman–Crippen LogP) is 2.39. The summed E-state index contributed by atoms with van der Waals surface area (Å²) < 4.78 is 3.04. The zero-order valence-electron chi connectivity index (χ0n) is 6.79. The maximum absolute atomic E-state index is 3.18. The van der Waals surface area contributed by atoms with Crippen molar-refractivity contribution in [1.29, 1.82) is 0 Å². The minimum Gasteiger partial charge on any atom is -0.361 e. The van der Waals surface area contributed by atoms with Crippen molar-refractivity contribution in [3.63, 3.8) is 0 Å². The summed E-state index contributed by atoms with van der Waals surface area (Å²) in [6.07, 6.45) is 1.96. The van der Waals surface area contributed by atoms with Crippen molar-refractivity contribution in [3.8, 4) is 0 Å². The first-order valence-corrected chi connectivity index (χ1v) is 4.62. The number of H-pyrrole nitrogens is 1. The van der Waals surface area contributed by atoms with Crippen LogP contribution in [0.4, 0.5) is 0 Å². The Balaban J connectivity index is 2.46. The maximum Gasteiger partial charge on any atom is 0.0465 e. The molecule has 1 heterocycles. The molecule has 0 unspecified atom stereocenters. The normalized spacial score (nSPS) is 10.8. The van der Waals surface area contributed by atoms with E-state index in [0.717, 1.165) is 0 Å². The molecule has 1 aromatic carbocycles. The smallest absolute Gasteiger partial charge is 0.0465 e. The van der Waals surface area contributed by atoms with Gasteiger partial charge >= 0.3 is 0 Å². The minimum absolute atomic E-state index is 1.19. The third-order valence-corrected chi connectivity index (χ3v) is 2.44. The van der Waals surface area contributed by atoms with Crippen LogP contribution in [-0.4, -0.2) is 12.0 Å². The van der Waals surface area contributed by atoms with Crippen LogP contribution >= 0.6 is 11.9 Å². The fourth-order valence-electron chi connectivity index (χ4n) is 1.21. The van der Waals surface area contributed by atoms with Gasteiger partial charge in [-0.1, -0.05) is 6.07 Å². The zero-order valence-corrected chi connectivity index (χ0v) is 7.61. The molecule has 2 rings (SSSR count). The van der Waals surface area contributed by atoms with Gasteiger partial charge in [0, 0.05) is 16.6 Å². The Morgan fingerprint density at radius 1 is 1.33 bits per heavy atom. The van der Waals surface area contributed by atoms with Gasteiger partial charge in [-0.15, -0.1) is 0 Å². The third kappa shape index (κ3) is 1.33. The van der Waals surface area contributed by atoms with E-state index in [2.05, 4.69) is 34.0 Å². The molecule has 2 nitrogen and oxygen atoms in total. The Morgan fingerprint density at radius 3 is 3.08 bits per heavy atom. The summed E-state index contributed by atoms with van der Waals surface area (Å²) in [6, 6.07) is 8.43. The van der Waals surface area contributed by atoms with Crippen LogP contribution in [0.3, 0.4) is 0 Å². The molecule has 1 aromatic heterocycles. The van der Waals surface area contributed by atoms with E-state index < -0.39 is 0 Å². The Labute approximate surface area is 75.5 Å². The van der Waals surface area contributed by atoms with Crippen LogP contribution in [0.15, 0.2) is 35.4 Å². The molecule has 0 aliphatic heterocycles. The van der Waals surface area contributed by atoms with Crippen molar-refractivity contribution in [2.45, 2.75) is 4.90 Å². The summed E-state index contributed by atoms with van der Waals surface area (Å²) in [6.45, 7) is 0. The van der Waals surface area contributed by atoms with E-state index in [9.17, 15) is 0 Å². The standard InChI is InChI=1S/C9H10N2S/c1-10-12-8-3-2-7-4-5-11-9(7)6-8/h2-6,10-11H,1H3. The van der Waals surface area contributed by atoms with Crippen LogP contribution in [0.25, 0.3) is 10.9 Å². The fourth-order valence-corrected chi connectivity index (χ4v) is 1.76. The quantitative estimate of drug-likeness (QED) is 0.691. The van der Waals surface area contributed by atoms with Crippen LogP contribution in [0.5, 0.6) is 0 Å². The Morgan fingerprint density at radius 2 is 2.25 bits per heavy atom. The van der Waals surface area contributed by atoms with Gasteiger partial charge in [-0.25, -0.2) is 0 Å². The molecular weight excluding hydrogens is 168 g/mol. The van der Waals surface area contributed by atoms with E-state index in [1.54, 1.807) is 11.9 Å². The van der Waals surface area contributed by atoms with Crippen LogP contribution in [0, 0.1) is 0 Å².